The zero-order valence-corrected chi connectivity index (χ0v) is 13.9. The fourth-order valence-corrected chi connectivity index (χ4v) is 3.19. The largest absolute Gasteiger partial charge is 0.475 e. The Labute approximate surface area is 148 Å². The number of aromatic nitrogens is 7. The van der Waals surface area contributed by atoms with Gasteiger partial charge in [0.1, 0.15) is 24.8 Å². The normalized spacial score (nSPS) is 16.6. The van der Waals surface area contributed by atoms with Crippen LogP contribution in [0.5, 0.6) is 5.88 Å². The van der Waals surface area contributed by atoms with Crippen LogP contribution in [0.1, 0.15) is 11.7 Å². The van der Waals surface area contributed by atoms with E-state index >= 15 is 0 Å². The van der Waals surface area contributed by atoms with Crippen LogP contribution >= 0.6 is 0 Å². The van der Waals surface area contributed by atoms with E-state index in [1.165, 1.54) is 0 Å². The summed E-state index contributed by atoms with van der Waals surface area (Å²) in [6, 6.07) is 11.6. The molecule has 0 unspecified atom stereocenters. The molecule has 0 saturated heterocycles. The molecule has 26 heavy (non-hydrogen) atoms. The van der Waals surface area contributed by atoms with Gasteiger partial charge >= 0.3 is 0 Å². The molecule has 0 spiro atoms. The molecule has 1 atom stereocenters. The van der Waals surface area contributed by atoms with Crippen molar-refractivity contribution in [2.24, 2.45) is 0 Å². The highest BCUT2D eigenvalue weighted by Crippen LogP contribution is 2.25. The molecule has 0 saturated carbocycles. The predicted octanol–water partition coefficient (Wildman–Crippen LogP) is 1.36. The van der Waals surface area contributed by atoms with Gasteiger partial charge in [0.05, 0.1) is 12.2 Å². The average Bonchev–Trinajstić information content (AvgIpc) is 3.35. The molecule has 5 heterocycles. The van der Waals surface area contributed by atoms with E-state index in [-0.39, 0.29) is 6.04 Å². The van der Waals surface area contributed by atoms with Gasteiger partial charge in [0.2, 0.25) is 5.88 Å². The molecule has 1 aliphatic rings. The minimum absolute atomic E-state index is 0.0640. The predicted molar refractivity (Wildman–Crippen MR) is 92.8 cm³/mol. The van der Waals surface area contributed by atoms with Crippen LogP contribution in [-0.4, -0.2) is 47.7 Å². The van der Waals surface area contributed by atoms with Gasteiger partial charge in [0.25, 0.3) is 0 Å². The van der Waals surface area contributed by atoms with E-state index in [2.05, 4.69) is 30.3 Å². The highest BCUT2D eigenvalue weighted by atomic mass is 16.5. The number of nitrogens with zero attached hydrogens (tertiary/aromatic N) is 8. The molecule has 4 aromatic rings. The van der Waals surface area contributed by atoms with Crippen LogP contribution in [0.2, 0.25) is 0 Å². The quantitative estimate of drug-likeness (QED) is 0.550. The first kappa shape index (κ1) is 14.8. The van der Waals surface area contributed by atoms with Crippen molar-refractivity contribution in [2.75, 3.05) is 18.1 Å². The standard InChI is InChI=1S/C17H16N8O/c1-2-7-18-17(3-1)26-11-14-10-23(9-13-6-8-20-25(13)14)16-5-4-15-21-19-12-24(15)22-16/h1-8,12,14H,9-11H2/t14-/m1/s1. The molecule has 4 aromatic heterocycles. The van der Waals surface area contributed by atoms with Crippen LogP contribution in [0.4, 0.5) is 5.82 Å². The van der Waals surface area contributed by atoms with Crippen molar-refractivity contribution in [2.45, 2.75) is 12.6 Å². The summed E-state index contributed by atoms with van der Waals surface area (Å²) < 4.78 is 9.58. The zero-order chi connectivity index (χ0) is 17.3. The first-order chi connectivity index (χ1) is 12.9. The summed E-state index contributed by atoms with van der Waals surface area (Å²) in [7, 11) is 0. The Balaban J connectivity index is 1.40. The molecule has 9 heteroatoms. The van der Waals surface area contributed by atoms with Crippen LogP contribution in [-0.2, 0) is 6.54 Å². The Morgan fingerprint density at radius 1 is 1.12 bits per heavy atom. The minimum Gasteiger partial charge on any atom is -0.475 e. The summed E-state index contributed by atoms with van der Waals surface area (Å²) in [4.78, 5) is 6.43. The van der Waals surface area contributed by atoms with Crippen LogP contribution < -0.4 is 9.64 Å². The number of pyridine rings is 1. The Morgan fingerprint density at radius 3 is 3.04 bits per heavy atom. The van der Waals surface area contributed by atoms with E-state index in [1.54, 1.807) is 17.0 Å². The zero-order valence-electron chi connectivity index (χ0n) is 13.9. The summed E-state index contributed by atoms with van der Waals surface area (Å²) in [6.07, 6.45) is 5.15. The van der Waals surface area contributed by atoms with Crippen molar-refractivity contribution < 1.29 is 4.74 Å². The fourth-order valence-electron chi connectivity index (χ4n) is 3.19. The molecule has 0 radical (unpaired) electrons. The Hall–Kier alpha value is -3.49. The number of rotatable bonds is 4. The van der Waals surface area contributed by atoms with Gasteiger partial charge in [0, 0.05) is 25.0 Å². The first-order valence-electron chi connectivity index (χ1n) is 8.35. The summed E-state index contributed by atoms with van der Waals surface area (Å²) >= 11 is 0. The average molecular weight is 348 g/mol. The third-order valence-corrected chi connectivity index (χ3v) is 4.42. The molecule has 5 rings (SSSR count). The van der Waals surface area contributed by atoms with Gasteiger partial charge in [0.15, 0.2) is 5.65 Å². The van der Waals surface area contributed by atoms with Gasteiger partial charge in [-0.15, -0.1) is 15.3 Å². The van der Waals surface area contributed by atoms with E-state index in [0.717, 1.165) is 30.2 Å². The highest BCUT2D eigenvalue weighted by Gasteiger charge is 2.27. The lowest BCUT2D eigenvalue weighted by Gasteiger charge is -2.34. The monoisotopic (exact) mass is 348 g/mol. The van der Waals surface area contributed by atoms with Crippen molar-refractivity contribution in [3.63, 3.8) is 0 Å². The number of ether oxygens (including phenoxy) is 1. The molecular formula is C17H16N8O. The second kappa shape index (κ2) is 6.10. The number of anilines is 1. The molecular weight excluding hydrogens is 332 g/mol. The first-order valence-corrected chi connectivity index (χ1v) is 8.35. The molecule has 0 aliphatic carbocycles. The van der Waals surface area contributed by atoms with Crippen LogP contribution in [0, 0.1) is 0 Å². The lowest BCUT2D eigenvalue weighted by Crippen LogP contribution is -2.40. The fraction of sp³-hybridized carbons (Fsp3) is 0.235. The molecule has 0 fully saturated rings. The van der Waals surface area contributed by atoms with Gasteiger partial charge in [-0.05, 0) is 24.3 Å². The SMILES string of the molecule is c1ccc(OC[C@H]2CN(c3ccc4nncn4n3)Cc3ccnn32)nc1. The smallest absolute Gasteiger partial charge is 0.213 e. The van der Waals surface area contributed by atoms with E-state index in [9.17, 15) is 0 Å². The highest BCUT2D eigenvalue weighted by molar-refractivity contribution is 5.46. The Morgan fingerprint density at radius 2 is 2.12 bits per heavy atom. The minimum atomic E-state index is 0.0640. The molecule has 9 nitrogen and oxygen atoms in total. The molecule has 0 aromatic carbocycles. The van der Waals surface area contributed by atoms with Gasteiger partial charge in [-0.25, -0.2) is 4.98 Å². The van der Waals surface area contributed by atoms with E-state index in [1.807, 2.05) is 47.3 Å². The Bertz CT molecular complexity index is 1030. The van der Waals surface area contributed by atoms with Gasteiger partial charge in [-0.3, -0.25) is 4.68 Å². The third-order valence-electron chi connectivity index (χ3n) is 4.42. The van der Waals surface area contributed by atoms with Crippen molar-refractivity contribution >= 4 is 11.5 Å². The number of hydrogen-bond donors (Lipinski definition) is 0. The molecule has 0 amide bonds. The maximum Gasteiger partial charge on any atom is 0.213 e. The summed E-state index contributed by atoms with van der Waals surface area (Å²) in [5, 5.41) is 17.0. The van der Waals surface area contributed by atoms with E-state index in [0.29, 0.717) is 12.5 Å². The number of hydrogen-bond acceptors (Lipinski definition) is 7. The second-order valence-electron chi connectivity index (χ2n) is 6.11. The molecule has 0 bridgehead atoms. The topological polar surface area (TPSA) is 86.3 Å². The maximum absolute atomic E-state index is 5.87. The lowest BCUT2D eigenvalue weighted by molar-refractivity contribution is 0.221. The molecule has 0 N–H and O–H groups in total. The van der Waals surface area contributed by atoms with Crippen molar-refractivity contribution in [3.8, 4) is 5.88 Å². The van der Waals surface area contributed by atoms with E-state index < -0.39 is 0 Å². The van der Waals surface area contributed by atoms with Crippen molar-refractivity contribution in [1.29, 1.82) is 0 Å². The van der Waals surface area contributed by atoms with Crippen molar-refractivity contribution in [1.82, 2.24) is 34.6 Å². The van der Waals surface area contributed by atoms with Crippen LogP contribution in [0.3, 0.4) is 0 Å². The summed E-state index contributed by atoms with van der Waals surface area (Å²) in [5.41, 5.74) is 1.85. The Kier molecular flexibility index (Phi) is 3.48. The van der Waals surface area contributed by atoms with Crippen LogP contribution in [0.15, 0.2) is 55.1 Å². The molecule has 1 aliphatic heterocycles. The third kappa shape index (κ3) is 2.63. The lowest BCUT2D eigenvalue weighted by atomic mass is 10.2. The van der Waals surface area contributed by atoms with Gasteiger partial charge in [-0.1, -0.05) is 6.07 Å². The van der Waals surface area contributed by atoms with E-state index in [4.69, 9.17) is 4.74 Å². The van der Waals surface area contributed by atoms with Gasteiger partial charge in [-0.2, -0.15) is 9.61 Å². The molecule has 130 valence electrons. The van der Waals surface area contributed by atoms with Crippen molar-refractivity contribution in [3.05, 3.63) is 60.8 Å². The number of fused-ring (bicyclic) bond motifs is 2. The summed E-state index contributed by atoms with van der Waals surface area (Å²) in [5.74, 6) is 1.48. The van der Waals surface area contributed by atoms with Crippen LogP contribution in [0.25, 0.3) is 5.65 Å². The van der Waals surface area contributed by atoms with Gasteiger partial charge < -0.3 is 9.64 Å². The maximum atomic E-state index is 5.87. The summed E-state index contributed by atoms with van der Waals surface area (Å²) in [6.45, 7) is 1.96. The second-order valence-corrected chi connectivity index (χ2v) is 6.11.